The second-order valence-electron chi connectivity index (χ2n) is 5.81. The fraction of sp³-hybridized carbons (Fsp3) is 0.176. The fourth-order valence-electron chi connectivity index (χ4n) is 2.41. The number of tetrazole rings is 1. The Kier molecular flexibility index (Phi) is 5.36. The molecule has 0 atom stereocenters. The van der Waals surface area contributed by atoms with Crippen molar-refractivity contribution in [1.29, 1.82) is 0 Å². The number of benzene rings is 2. The van der Waals surface area contributed by atoms with Gasteiger partial charge in [-0.15, -0.1) is 5.10 Å². The quantitative estimate of drug-likeness (QED) is 0.650. The summed E-state index contributed by atoms with van der Waals surface area (Å²) in [6, 6.07) is 10.1. The second-order valence-corrected chi connectivity index (χ2v) is 7.82. The van der Waals surface area contributed by atoms with E-state index in [9.17, 15) is 17.6 Å². The van der Waals surface area contributed by atoms with Crippen molar-refractivity contribution < 1.29 is 17.6 Å². The average Bonchev–Trinajstić information content (AvgIpc) is 3.09. The van der Waals surface area contributed by atoms with Crippen LogP contribution in [-0.4, -0.2) is 40.3 Å². The molecule has 0 saturated carbocycles. The largest absolute Gasteiger partial charge is 0.319 e. The Morgan fingerprint density at radius 3 is 2.61 bits per heavy atom. The first-order valence-electron chi connectivity index (χ1n) is 8.26. The van der Waals surface area contributed by atoms with Gasteiger partial charge in [0.05, 0.1) is 28.4 Å². The number of hydrogen-bond donors (Lipinski definition) is 2. The standard InChI is InChI=1S/C17H17FN6O3S/c1-3-28(26,27)21-15-7-5-4-6-13(15)17(25)19-16-10-12(8-9-14(16)18)24-11(2)20-22-23-24/h4-10,21H,3H2,1-2H3,(H,19,25). The van der Waals surface area contributed by atoms with Crippen LogP contribution >= 0.6 is 0 Å². The molecule has 3 rings (SSSR count). The molecule has 1 aromatic heterocycles. The number of para-hydroxylation sites is 1. The molecule has 28 heavy (non-hydrogen) atoms. The SMILES string of the molecule is CCS(=O)(=O)Nc1ccccc1C(=O)Nc1cc(-n2nnnc2C)ccc1F. The third-order valence-corrected chi connectivity index (χ3v) is 5.18. The molecular weight excluding hydrogens is 387 g/mol. The number of amides is 1. The second kappa shape index (κ2) is 7.72. The number of nitrogens with zero attached hydrogens (tertiary/aromatic N) is 4. The highest BCUT2D eigenvalue weighted by Crippen LogP contribution is 2.22. The average molecular weight is 404 g/mol. The van der Waals surface area contributed by atoms with Gasteiger partial charge in [0, 0.05) is 0 Å². The zero-order chi connectivity index (χ0) is 20.3. The molecule has 9 nitrogen and oxygen atoms in total. The normalized spacial score (nSPS) is 11.2. The summed E-state index contributed by atoms with van der Waals surface area (Å²) in [6.45, 7) is 3.16. The van der Waals surface area contributed by atoms with Crippen molar-refractivity contribution in [2.45, 2.75) is 13.8 Å². The van der Waals surface area contributed by atoms with E-state index in [-0.39, 0.29) is 22.7 Å². The number of carbonyl (C=O) groups excluding carboxylic acids is 1. The summed E-state index contributed by atoms with van der Waals surface area (Å²) < 4.78 is 41.6. The zero-order valence-electron chi connectivity index (χ0n) is 15.0. The van der Waals surface area contributed by atoms with Gasteiger partial charge >= 0.3 is 0 Å². The number of carbonyl (C=O) groups is 1. The third kappa shape index (κ3) is 4.14. The molecule has 1 heterocycles. The highest BCUT2D eigenvalue weighted by atomic mass is 32.2. The molecule has 0 spiro atoms. The predicted octanol–water partition coefficient (Wildman–Crippen LogP) is 2.12. The minimum atomic E-state index is -3.58. The van der Waals surface area contributed by atoms with E-state index in [2.05, 4.69) is 25.6 Å². The first-order valence-corrected chi connectivity index (χ1v) is 9.91. The summed E-state index contributed by atoms with van der Waals surface area (Å²) in [7, 11) is -3.58. The molecule has 0 aliphatic heterocycles. The van der Waals surface area contributed by atoms with Crippen LogP contribution in [0.5, 0.6) is 0 Å². The van der Waals surface area contributed by atoms with Gasteiger partial charge in [-0.2, -0.15) is 4.68 Å². The van der Waals surface area contributed by atoms with E-state index in [1.807, 2.05) is 0 Å². The van der Waals surface area contributed by atoms with Gasteiger partial charge in [-0.1, -0.05) is 12.1 Å². The van der Waals surface area contributed by atoms with E-state index in [1.165, 1.54) is 41.9 Å². The number of hydrogen-bond acceptors (Lipinski definition) is 6. The molecule has 0 radical (unpaired) electrons. The van der Waals surface area contributed by atoms with E-state index in [0.29, 0.717) is 11.5 Å². The van der Waals surface area contributed by atoms with Gasteiger partial charge in [-0.05, 0) is 54.6 Å². The summed E-state index contributed by atoms with van der Waals surface area (Å²) in [5.41, 5.74) is 0.530. The van der Waals surface area contributed by atoms with Crippen molar-refractivity contribution in [1.82, 2.24) is 20.2 Å². The van der Waals surface area contributed by atoms with Crippen LogP contribution in [-0.2, 0) is 10.0 Å². The van der Waals surface area contributed by atoms with Crippen LogP contribution in [0.1, 0.15) is 23.1 Å². The van der Waals surface area contributed by atoms with Crippen molar-refractivity contribution in [2.24, 2.45) is 0 Å². The lowest BCUT2D eigenvalue weighted by molar-refractivity contribution is 0.102. The highest BCUT2D eigenvalue weighted by molar-refractivity contribution is 7.92. The highest BCUT2D eigenvalue weighted by Gasteiger charge is 2.17. The fourth-order valence-corrected chi connectivity index (χ4v) is 3.07. The monoisotopic (exact) mass is 404 g/mol. The van der Waals surface area contributed by atoms with Crippen LogP contribution < -0.4 is 10.0 Å². The lowest BCUT2D eigenvalue weighted by Crippen LogP contribution is -2.20. The molecule has 0 aliphatic carbocycles. The summed E-state index contributed by atoms with van der Waals surface area (Å²) >= 11 is 0. The Morgan fingerprint density at radius 1 is 1.18 bits per heavy atom. The lowest BCUT2D eigenvalue weighted by atomic mass is 10.1. The molecule has 0 unspecified atom stereocenters. The first kappa shape index (κ1) is 19.4. The smallest absolute Gasteiger partial charge is 0.257 e. The van der Waals surface area contributed by atoms with Gasteiger partial charge in [-0.3, -0.25) is 9.52 Å². The number of halogens is 1. The molecule has 0 bridgehead atoms. The van der Waals surface area contributed by atoms with E-state index in [1.54, 1.807) is 19.1 Å². The van der Waals surface area contributed by atoms with Crippen LogP contribution in [0.2, 0.25) is 0 Å². The number of sulfonamides is 1. The summed E-state index contributed by atoms with van der Waals surface area (Å²) in [5, 5.41) is 13.6. The number of anilines is 2. The molecule has 0 saturated heterocycles. The van der Waals surface area contributed by atoms with E-state index >= 15 is 0 Å². The summed E-state index contributed by atoms with van der Waals surface area (Å²) in [5.74, 6) is -0.984. The summed E-state index contributed by atoms with van der Waals surface area (Å²) in [4.78, 5) is 12.7. The molecule has 3 aromatic rings. The number of aromatic nitrogens is 4. The van der Waals surface area contributed by atoms with Crippen molar-refractivity contribution in [3.05, 3.63) is 59.7 Å². The number of rotatable bonds is 6. The van der Waals surface area contributed by atoms with Gasteiger partial charge in [0.25, 0.3) is 5.91 Å². The van der Waals surface area contributed by atoms with Crippen molar-refractivity contribution in [2.75, 3.05) is 15.8 Å². The van der Waals surface area contributed by atoms with Gasteiger partial charge in [0.2, 0.25) is 10.0 Å². The van der Waals surface area contributed by atoms with Crippen LogP contribution in [0.4, 0.5) is 15.8 Å². The van der Waals surface area contributed by atoms with Crippen LogP contribution in [0, 0.1) is 12.7 Å². The van der Waals surface area contributed by atoms with Gasteiger partial charge in [0.1, 0.15) is 5.82 Å². The first-order chi connectivity index (χ1) is 13.3. The van der Waals surface area contributed by atoms with Crippen LogP contribution in [0.3, 0.4) is 0 Å². The summed E-state index contributed by atoms with van der Waals surface area (Å²) in [6.07, 6.45) is 0. The molecule has 0 aliphatic rings. The minimum absolute atomic E-state index is 0.0583. The molecule has 146 valence electrons. The Bertz CT molecular complexity index is 1130. The Hall–Kier alpha value is -3.34. The lowest BCUT2D eigenvalue weighted by Gasteiger charge is -2.13. The topological polar surface area (TPSA) is 119 Å². The molecular formula is C17H17FN6O3S. The predicted molar refractivity (Wildman–Crippen MR) is 101 cm³/mol. The number of nitrogens with one attached hydrogen (secondary N) is 2. The maximum absolute atomic E-state index is 14.2. The third-order valence-electron chi connectivity index (χ3n) is 3.89. The molecule has 2 aromatic carbocycles. The van der Waals surface area contributed by atoms with Crippen molar-refractivity contribution >= 4 is 27.3 Å². The molecule has 0 fully saturated rings. The van der Waals surface area contributed by atoms with E-state index in [0.717, 1.165) is 0 Å². The van der Waals surface area contributed by atoms with Gasteiger partial charge in [-0.25, -0.2) is 12.8 Å². The van der Waals surface area contributed by atoms with Gasteiger partial charge in [0.15, 0.2) is 5.82 Å². The zero-order valence-corrected chi connectivity index (χ0v) is 15.9. The molecule has 11 heteroatoms. The number of aryl methyl sites for hydroxylation is 1. The Balaban J connectivity index is 1.91. The van der Waals surface area contributed by atoms with Gasteiger partial charge < -0.3 is 5.32 Å². The van der Waals surface area contributed by atoms with Crippen LogP contribution in [0.15, 0.2) is 42.5 Å². The van der Waals surface area contributed by atoms with E-state index < -0.39 is 21.7 Å². The van der Waals surface area contributed by atoms with Crippen molar-refractivity contribution in [3.63, 3.8) is 0 Å². The maximum atomic E-state index is 14.2. The Labute approximate surface area is 160 Å². The van der Waals surface area contributed by atoms with E-state index in [4.69, 9.17) is 0 Å². The molecule has 1 amide bonds. The molecule has 2 N–H and O–H groups in total. The maximum Gasteiger partial charge on any atom is 0.257 e. The van der Waals surface area contributed by atoms with Crippen LogP contribution in [0.25, 0.3) is 5.69 Å². The van der Waals surface area contributed by atoms with Crippen molar-refractivity contribution in [3.8, 4) is 5.69 Å². The Morgan fingerprint density at radius 2 is 1.93 bits per heavy atom. The minimum Gasteiger partial charge on any atom is -0.319 e.